The van der Waals surface area contributed by atoms with Crippen molar-refractivity contribution in [3.8, 4) is 0 Å². The second-order valence-corrected chi connectivity index (χ2v) is 6.86. The average molecular weight is 330 g/mol. The minimum Gasteiger partial charge on any atom is -0.469 e. The minimum atomic E-state index is -0.726. The molecule has 0 radical (unpaired) electrons. The normalized spacial score (nSPS) is 23.4. The van der Waals surface area contributed by atoms with E-state index in [0.29, 0.717) is 5.02 Å². The number of carbonyl (C=O) groups is 1. The number of carbonyl (C=O) groups excluding carboxylic acids is 1. The summed E-state index contributed by atoms with van der Waals surface area (Å²) < 4.78 is 5.07. The van der Waals surface area contributed by atoms with Crippen LogP contribution in [0, 0.1) is 5.41 Å². The molecule has 0 aliphatic carbocycles. The van der Waals surface area contributed by atoms with Crippen molar-refractivity contribution < 1.29 is 9.53 Å². The summed E-state index contributed by atoms with van der Waals surface area (Å²) in [5, 5.41) is 4.22. The first kappa shape index (κ1) is 16.0. The van der Waals surface area contributed by atoms with Crippen molar-refractivity contribution in [1.82, 2.24) is 5.32 Å². The largest absolute Gasteiger partial charge is 0.469 e. The van der Waals surface area contributed by atoms with Crippen LogP contribution in [0.2, 0.25) is 5.02 Å². The lowest BCUT2D eigenvalue weighted by molar-refractivity contribution is -0.153. The van der Waals surface area contributed by atoms with E-state index in [4.69, 9.17) is 16.3 Å². The first-order valence-corrected chi connectivity index (χ1v) is 7.98. The Morgan fingerprint density at radius 3 is 2.30 bits per heavy atom. The molecule has 0 unspecified atom stereocenters. The fourth-order valence-electron chi connectivity index (χ4n) is 3.45. The fourth-order valence-corrected chi connectivity index (χ4v) is 3.57. The zero-order valence-electron chi connectivity index (χ0n) is 13.5. The number of hydrogen-bond donors (Lipinski definition) is 1. The lowest BCUT2D eigenvalue weighted by atomic mass is 9.71. The van der Waals surface area contributed by atoms with Crippen molar-refractivity contribution in [3.05, 3.63) is 70.7 Å². The molecule has 0 spiro atoms. The molecular weight excluding hydrogens is 310 g/mol. The molecule has 0 amide bonds. The van der Waals surface area contributed by atoms with E-state index < -0.39 is 11.0 Å². The number of rotatable bonds is 4. The zero-order valence-corrected chi connectivity index (χ0v) is 14.2. The van der Waals surface area contributed by atoms with Gasteiger partial charge in [-0.2, -0.15) is 0 Å². The van der Waals surface area contributed by atoms with Crippen LogP contribution in [0.3, 0.4) is 0 Å². The highest BCUT2D eigenvalue weighted by molar-refractivity contribution is 6.30. The van der Waals surface area contributed by atoms with Gasteiger partial charge in [-0.05, 0) is 37.1 Å². The van der Waals surface area contributed by atoms with Crippen LogP contribution in [0.1, 0.15) is 31.0 Å². The highest BCUT2D eigenvalue weighted by Gasteiger charge is 2.67. The van der Waals surface area contributed by atoms with Gasteiger partial charge in [0.25, 0.3) is 0 Å². The van der Waals surface area contributed by atoms with Crippen LogP contribution in [0.15, 0.2) is 54.6 Å². The molecule has 0 bridgehead atoms. The van der Waals surface area contributed by atoms with Crippen molar-refractivity contribution in [2.24, 2.45) is 5.41 Å². The van der Waals surface area contributed by atoms with Gasteiger partial charge in [-0.25, -0.2) is 0 Å². The maximum absolute atomic E-state index is 12.4. The SMILES string of the molecule is COC(=O)C(C)(C)[C@]1(c2ccc(Cl)cc2)N[C@H]1c1ccccc1. The molecule has 23 heavy (non-hydrogen) atoms. The van der Waals surface area contributed by atoms with E-state index in [0.717, 1.165) is 11.1 Å². The van der Waals surface area contributed by atoms with E-state index in [1.807, 2.05) is 56.3 Å². The predicted molar refractivity (Wildman–Crippen MR) is 91.2 cm³/mol. The molecule has 3 rings (SSSR count). The number of halogens is 1. The third-order valence-electron chi connectivity index (χ3n) is 4.84. The number of ether oxygens (including phenoxy) is 1. The van der Waals surface area contributed by atoms with E-state index >= 15 is 0 Å². The van der Waals surface area contributed by atoms with Crippen LogP contribution in [0.4, 0.5) is 0 Å². The topological polar surface area (TPSA) is 48.2 Å². The van der Waals surface area contributed by atoms with Gasteiger partial charge in [-0.1, -0.05) is 54.1 Å². The van der Waals surface area contributed by atoms with Gasteiger partial charge < -0.3 is 4.74 Å². The molecule has 120 valence electrons. The Bertz CT molecular complexity index is 712. The van der Waals surface area contributed by atoms with Crippen molar-refractivity contribution in [2.75, 3.05) is 7.11 Å². The molecule has 3 nitrogen and oxygen atoms in total. The summed E-state index contributed by atoms with van der Waals surface area (Å²) in [5.41, 5.74) is 0.952. The maximum Gasteiger partial charge on any atom is 0.313 e. The van der Waals surface area contributed by atoms with Gasteiger partial charge in [0.05, 0.1) is 24.1 Å². The first-order valence-electron chi connectivity index (χ1n) is 7.60. The minimum absolute atomic E-state index is 0.0546. The third kappa shape index (κ3) is 2.44. The summed E-state index contributed by atoms with van der Waals surface area (Å²) in [4.78, 5) is 12.4. The van der Waals surface area contributed by atoms with Gasteiger partial charge >= 0.3 is 5.97 Å². The van der Waals surface area contributed by atoms with Crippen molar-refractivity contribution in [1.29, 1.82) is 0 Å². The first-order chi connectivity index (χ1) is 10.9. The molecule has 0 aromatic heterocycles. The molecule has 2 atom stereocenters. The van der Waals surface area contributed by atoms with Crippen LogP contribution < -0.4 is 5.32 Å². The molecular formula is C19H20ClNO2. The maximum atomic E-state index is 12.4. The second-order valence-electron chi connectivity index (χ2n) is 6.42. The molecule has 1 fully saturated rings. The van der Waals surface area contributed by atoms with Gasteiger partial charge in [-0.3, -0.25) is 10.1 Å². The smallest absolute Gasteiger partial charge is 0.313 e. The summed E-state index contributed by atoms with van der Waals surface area (Å²) in [6.45, 7) is 3.84. The van der Waals surface area contributed by atoms with Crippen LogP contribution in [0.25, 0.3) is 0 Å². The van der Waals surface area contributed by atoms with Crippen LogP contribution in [-0.4, -0.2) is 13.1 Å². The number of nitrogens with one attached hydrogen (secondary N) is 1. The summed E-state index contributed by atoms with van der Waals surface area (Å²) in [7, 11) is 1.43. The fraction of sp³-hybridized carbons (Fsp3) is 0.316. The van der Waals surface area contributed by atoms with Crippen LogP contribution in [-0.2, 0) is 15.1 Å². The molecule has 1 aliphatic heterocycles. The van der Waals surface area contributed by atoms with Gasteiger partial charge in [-0.15, -0.1) is 0 Å². The standard InChI is InChI=1S/C19H20ClNO2/c1-18(2,17(22)23-3)19(14-9-11-15(20)12-10-14)16(21-19)13-7-5-4-6-8-13/h4-12,16,21H,1-3H3/t16-,19+/m0/s1. The molecule has 1 heterocycles. The summed E-state index contributed by atoms with van der Waals surface area (Å²) in [5.74, 6) is -0.238. The monoisotopic (exact) mass is 329 g/mol. The predicted octanol–water partition coefficient (Wildman–Crippen LogP) is 4.08. The van der Waals surface area contributed by atoms with Crippen molar-refractivity contribution in [3.63, 3.8) is 0 Å². The highest BCUT2D eigenvalue weighted by Crippen LogP contribution is 2.59. The third-order valence-corrected chi connectivity index (χ3v) is 5.09. The van der Waals surface area contributed by atoms with Gasteiger partial charge in [0, 0.05) is 5.02 Å². The molecule has 1 saturated heterocycles. The average Bonchev–Trinajstić information content (AvgIpc) is 3.33. The molecule has 4 heteroatoms. The number of esters is 1. The Labute approximate surface area is 141 Å². The van der Waals surface area contributed by atoms with E-state index in [-0.39, 0.29) is 12.0 Å². The Kier molecular flexibility index (Phi) is 3.95. The number of benzene rings is 2. The van der Waals surface area contributed by atoms with Gasteiger partial charge in [0.2, 0.25) is 0 Å². The Morgan fingerprint density at radius 2 is 1.74 bits per heavy atom. The van der Waals surface area contributed by atoms with Gasteiger partial charge in [0.1, 0.15) is 0 Å². The molecule has 0 saturated carbocycles. The van der Waals surface area contributed by atoms with Crippen LogP contribution in [0.5, 0.6) is 0 Å². The van der Waals surface area contributed by atoms with E-state index in [2.05, 4.69) is 17.4 Å². The Balaban J connectivity index is 2.09. The van der Waals surface area contributed by atoms with E-state index in [9.17, 15) is 4.79 Å². The van der Waals surface area contributed by atoms with Gasteiger partial charge in [0.15, 0.2) is 0 Å². The van der Waals surface area contributed by atoms with E-state index in [1.165, 1.54) is 7.11 Å². The van der Waals surface area contributed by atoms with Crippen LogP contribution >= 0.6 is 11.6 Å². The zero-order chi connectivity index (χ0) is 16.7. The Hall–Kier alpha value is -1.84. The lowest BCUT2D eigenvalue weighted by Gasteiger charge is -2.32. The lowest BCUT2D eigenvalue weighted by Crippen LogP contribution is -2.41. The van der Waals surface area contributed by atoms with Crippen molar-refractivity contribution in [2.45, 2.75) is 25.4 Å². The number of hydrogen-bond acceptors (Lipinski definition) is 3. The second kappa shape index (κ2) is 5.66. The molecule has 1 N–H and O–H groups in total. The summed E-state index contributed by atoms with van der Waals surface area (Å²) in [6, 6.07) is 17.9. The Morgan fingerprint density at radius 1 is 1.13 bits per heavy atom. The molecule has 2 aromatic rings. The summed E-state index contributed by atoms with van der Waals surface area (Å²) >= 11 is 6.03. The molecule has 2 aromatic carbocycles. The summed E-state index contributed by atoms with van der Waals surface area (Å²) in [6.07, 6.45) is 0. The van der Waals surface area contributed by atoms with Crippen molar-refractivity contribution >= 4 is 17.6 Å². The molecule has 1 aliphatic rings. The number of methoxy groups -OCH3 is 1. The highest BCUT2D eigenvalue weighted by atomic mass is 35.5. The quantitative estimate of drug-likeness (QED) is 0.679. The van der Waals surface area contributed by atoms with E-state index in [1.54, 1.807) is 0 Å².